The van der Waals surface area contributed by atoms with Crippen molar-refractivity contribution < 1.29 is 13.2 Å². The summed E-state index contributed by atoms with van der Waals surface area (Å²) in [6.45, 7) is -0.312. The first kappa shape index (κ1) is 15.4. The highest BCUT2D eigenvalue weighted by Crippen LogP contribution is 2.34. The van der Waals surface area contributed by atoms with Gasteiger partial charge in [-0.05, 0) is 36.9 Å². The predicted molar refractivity (Wildman–Crippen MR) is 86.0 cm³/mol. The van der Waals surface area contributed by atoms with Crippen molar-refractivity contribution in [3.8, 4) is 0 Å². The average Bonchev–Trinajstić information content (AvgIpc) is 2.71. The lowest BCUT2D eigenvalue weighted by molar-refractivity contribution is -0.139. The average molecular weight is 371 g/mol. The Morgan fingerprint density at radius 1 is 1.05 bits per heavy atom. The minimum absolute atomic E-state index is 0.586. The smallest absolute Gasteiger partial charge is 0.331 e. The Kier molecular flexibility index (Phi) is 3.91. The van der Waals surface area contributed by atoms with Crippen molar-refractivity contribution in [2.75, 3.05) is 7.05 Å². The van der Waals surface area contributed by atoms with Gasteiger partial charge in [-0.25, -0.2) is 0 Å². The summed E-state index contributed by atoms with van der Waals surface area (Å²) in [5, 5.41) is 4.74. The maximum Gasteiger partial charge on any atom is 0.406 e. The van der Waals surface area contributed by atoms with E-state index in [1.54, 1.807) is 12.1 Å². The molecule has 0 amide bonds. The zero-order valence-corrected chi connectivity index (χ0v) is 13.4. The van der Waals surface area contributed by atoms with E-state index >= 15 is 0 Å². The Balaban J connectivity index is 2.31. The molecule has 1 heterocycles. The summed E-state index contributed by atoms with van der Waals surface area (Å²) in [4.78, 5) is 0. The Bertz CT molecular complexity index is 837. The van der Waals surface area contributed by atoms with E-state index in [-0.39, 0.29) is 0 Å². The van der Waals surface area contributed by atoms with Crippen molar-refractivity contribution in [2.24, 2.45) is 0 Å². The van der Waals surface area contributed by atoms with Crippen LogP contribution >= 0.6 is 15.9 Å². The van der Waals surface area contributed by atoms with Crippen LogP contribution in [0.3, 0.4) is 0 Å². The molecule has 2 nitrogen and oxygen atoms in total. The number of nitrogens with one attached hydrogen (secondary N) is 1. The molecule has 0 saturated heterocycles. The number of halogens is 4. The van der Waals surface area contributed by atoms with E-state index in [0.717, 1.165) is 20.8 Å². The molecule has 2 aromatic carbocycles. The van der Waals surface area contributed by atoms with Crippen LogP contribution in [-0.4, -0.2) is 17.8 Å². The van der Waals surface area contributed by atoms with E-state index in [1.165, 1.54) is 4.57 Å². The number of nitrogens with zero attached hydrogens (tertiary/aromatic N) is 1. The first-order valence-corrected chi connectivity index (χ1v) is 7.60. The lowest BCUT2D eigenvalue weighted by Gasteiger charge is -2.11. The van der Waals surface area contributed by atoms with Crippen molar-refractivity contribution in [1.29, 1.82) is 0 Å². The van der Waals surface area contributed by atoms with Crippen LogP contribution in [0.4, 0.5) is 13.2 Å². The molecule has 0 atom stereocenters. The van der Waals surface area contributed by atoms with E-state index < -0.39 is 12.7 Å². The van der Waals surface area contributed by atoms with Crippen molar-refractivity contribution in [3.05, 3.63) is 46.4 Å². The minimum Gasteiger partial charge on any atom is -0.331 e. The van der Waals surface area contributed by atoms with Crippen LogP contribution in [-0.2, 0) is 13.1 Å². The van der Waals surface area contributed by atoms with Crippen LogP contribution in [0, 0.1) is 0 Å². The highest BCUT2D eigenvalue weighted by Gasteiger charge is 2.29. The molecule has 0 aliphatic heterocycles. The highest BCUT2D eigenvalue weighted by atomic mass is 79.9. The molecule has 0 aliphatic carbocycles. The molecule has 0 radical (unpaired) electrons. The number of fused-ring (bicyclic) bond motifs is 3. The molecule has 6 heteroatoms. The molecule has 0 fully saturated rings. The second-order valence-corrected chi connectivity index (χ2v) is 6.16. The summed E-state index contributed by atoms with van der Waals surface area (Å²) in [5.41, 5.74) is 2.23. The van der Waals surface area contributed by atoms with E-state index in [1.807, 2.05) is 31.3 Å². The van der Waals surface area contributed by atoms with Crippen LogP contribution in [0.1, 0.15) is 5.56 Å². The quantitative estimate of drug-likeness (QED) is 0.697. The summed E-state index contributed by atoms with van der Waals surface area (Å²) in [5.74, 6) is 0. The number of alkyl halides is 3. The molecule has 3 aromatic rings. The number of benzene rings is 2. The lowest BCUT2D eigenvalue weighted by Crippen LogP contribution is -2.17. The second-order valence-electron chi connectivity index (χ2n) is 5.24. The van der Waals surface area contributed by atoms with Crippen molar-refractivity contribution >= 4 is 37.7 Å². The normalized spacial score (nSPS) is 12.4. The van der Waals surface area contributed by atoms with E-state index in [2.05, 4.69) is 21.2 Å². The molecule has 116 valence electrons. The van der Waals surface area contributed by atoms with Gasteiger partial charge in [-0.1, -0.05) is 28.1 Å². The van der Waals surface area contributed by atoms with E-state index in [0.29, 0.717) is 17.6 Å². The molecule has 0 saturated carbocycles. The van der Waals surface area contributed by atoms with Crippen LogP contribution in [0.5, 0.6) is 0 Å². The fourth-order valence-corrected chi connectivity index (χ4v) is 3.13. The maximum atomic E-state index is 12.9. The number of hydrogen-bond donors (Lipinski definition) is 1. The molecule has 22 heavy (non-hydrogen) atoms. The Morgan fingerprint density at radius 2 is 1.82 bits per heavy atom. The monoisotopic (exact) mass is 370 g/mol. The molecule has 0 unspecified atom stereocenters. The summed E-state index contributed by atoms with van der Waals surface area (Å²) < 4.78 is 40.9. The van der Waals surface area contributed by atoms with Crippen molar-refractivity contribution in [3.63, 3.8) is 0 Å². The summed E-state index contributed by atoms with van der Waals surface area (Å²) in [6.07, 6.45) is -4.26. The molecular formula is C16H14BrF3N2. The number of aromatic nitrogens is 1. The molecule has 0 spiro atoms. The molecule has 0 aliphatic rings. The maximum absolute atomic E-state index is 12.9. The zero-order valence-electron chi connectivity index (χ0n) is 11.8. The van der Waals surface area contributed by atoms with Gasteiger partial charge in [0.1, 0.15) is 6.54 Å². The van der Waals surface area contributed by atoms with Gasteiger partial charge in [0.15, 0.2) is 0 Å². The summed E-state index contributed by atoms with van der Waals surface area (Å²) >= 11 is 3.34. The molecule has 0 bridgehead atoms. The lowest BCUT2D eigenvalue weighted by atomic mass is 10.1. The Hall–Kier alpha value is -1.53. The molecule has 1 aromatic heterocycles. The van der Waals surface area contributed by atoms with Crippen LogP contribution in [0.2, 0.25) is 0 Å². The highest BCUT2D eigenvalue weighted by molar-refractivity contribution is 9.10. The molecule has 1 N–H and O–H groups in total. The summed E-state index contributed by atoms with van der Waals surface area (Å²) in [6, 6.07) is 11.0. The van der Waals surface area contributed by atoms with Crippen molar-refractivity contribution in [1.82, 2.24) is 9.88 Å². The zero-order chi connectivity index (χ0) is 15.9. The Morgan fingerprint density at radius 3 is 2.50 bits per heavy atom. The first-order chi connectivity index (χ1) is 10.4. The fraction of sp³-hybridized carbons (Fsp3) is 0.250. The topological polar surface area (TPSA) is 17.0 Å². The van der Waals surface area contributed by atoms with Gasteiger partial charge in [-0.2, -0.15) is 13.2 Å². The van der Waals surface area contributed by atoms with Crippen LogP contribution in [0.15, 0.2) is 40.9 Å². The van der Waals surface area contributed by atoms with Gasteiger partial charge in [0.2, 0.25) is 0 Å². The van der Waals surface area contributed by atoms with Gasteiger partial charge in [0, 0.05) is 27.3 Å². The Labute approximate surface area is 134 Å². The minimum atomic E-state index is -4.26. The van der Waals surface area contributed by atoms with Gasteiger partial charge in [0.05, 0.1) is 5.52 Å². The van der Waals surface area contributed by atoms with Gasteiger partial charge in [0.25, 0.3) is 0 Å². The fourth-order valence-electron chi connectivity index (χ4n) is 2.78. The number of rotatable bonds is 3. The van der Waals surface area contributed by atoms with Gasteiger partial charge in [-0.3, -0.25) is 0 Å². The van der Waals surface area contributed by atoms with Gasteiger partial charge < -0.3 is 9.88 Å². The third kappa shape index (κ3) is 2.85. The summed E-state index contributed by atoms with van der Waals surface area (Å²) in [7, 11) is 1.84. The third-order valence-corrected chi connectivity index (χ3v) is 4.10. The second kappa shape index (κ2) is 5.59. The first-order valence-electron chi connectivity index (χ1n) is 6.81. The van der Waals surface area contributed by atoms with Crippen LogP contribution < -0.4 is 5.32 Å². The van der Waals surface area contributed by atoms with E-state index in [4.69, 9.17) is 0 Å². The third-order valence-electron chi connectivity index (χ3n) is 3.61. The number of hydrogen-bond acceptors (Lipinski definition) is 1. The van der Waals surface area contributed by atoms with Crippen molar-refractivity contribution in [2.45, 2.75) is 19.3 Å². The molecule has 3 rings (SSSR count). The van der Waals surface area contributed by atoms with Crippen LogP contribution in [0.25, 0.3) is 21.8 Å². The SMILES string of the molecule is CNCc1ccc2c(c1)c1ccc(Br)cc1n2CC(F)(F)F. The largest absolute Gasteiger partial charge is 0.406 e. The van der Waals surface area contributed by atoms with Gasteiger partial charge >= 0.3 is 6.18 Å². The molecular weight excluding hydrogens is 357 g/mol. The predicted octanol–water partition coefficient (Wildman–Crippen LogP) is 4.84. The standard InChI is InChI=1S/C16H14BrF3N2/c1-21-8-10-2-5-14-13(6-10)12-4-3-11(17)7-15(12)22(14)9-16(18,19)20/h2-7,21H,8-9H2,1H3. The van der Waals surface area contributed by atoms with E-state index in [9.17, 15) is 13.2 Å². The van der Waals surface area contributed by atoms with Gasteiger partial charge in [-0.15, -0.1) is 0 Å².